The van der Waals surface area contributed by atoms with Gasteiger partial charge in [0.05, 0.1) is 17.9 Å². The molecule has 0 aliphatic heterocycles. The first kappa shape index (κ1) is 16.1. The molecule has 1 heterocycles. The highest BCUT2D eigenvalue weighted by Crippen LogP contribution is 2.18. The van der Waals surface area contributed by atoms with Crippen molar-refractivity contribution < 1.29 is 4.79 Å². The second-order valence-electron chi connectivity index (χ2n) is 5.55. The lowest BCUT2D eigenvalue weighted by molar-refractivity contribution is 0.235. The molecule has 0 saturated carbocycles. The van der Waals surface area contributed by atoms with Gasteiger partial charge in [-0.25, -0.2) is 4.79 Å². The number of nitrogens with one attached hydrogen (secondary N) is 3. The number of rotatable bonds is 6. The van der Waals surface area contributed by atoms with Crippen LogP contribution in [0, 0.1) is 0 Å². The molecule has 2 aromatic rings. The first-order valence-corrected chi connectivity index (χ1v) is 7.72. The van der Waals surface area contributed by atoms with Gasteiger partial charge in [-0.3, -0.25) is 5.10 Å². The van der Waals surface area contributed by atoms with Crippen LogP contribution in [0.4, 0.5) is 4.79 Å². The summed E-state index contributed by atoms with van der Waals surface area (Å²) in [6.07, 6.45) is 0.883. The van der Waals surface area contributed by atoms with Gasteiger partial charge in [0, 0.05) is 12.0 Å². The van der Waals surface area contributed by atoms with E-state index in [2.05, 4.69) is 39.9 Å². The van der Waals surface area contributed by atoms with Crippen molar-refractivity contribution in [3.8, 4) is 0 Å². The highest BCUT2D eigenvalue weighted by molar-refractivity contribution is 5.74. The molecule has 0 unspecified atom stereocenters. The van der Waals surface area contributed by atoms with E-state index in [1.807, 2.05) is 38.1 Å². The number of carbonyl (C=O) groups is 1. The van der Waals surface area contributed by atoms with E-state index >= 15 is 0 Å². The summed E-state index contributed by atoms with van der Waals surface area (Å²) in [5.74, 6) is 0.255. The third kappa shape index (κ3) is 4.35. The summed E-state index contributed by atoms with van der Waals surface area (Å²) in [4.78, 5) is 12.0. The zero-order valence-electron chi connectivity index (χ0n) is 13.4. The largest absolute Gasteiger partial charge is 0.335 e. The summed E-state index contributed by atoms with van der Waals surface area (Å²) in [6.45, 7) is 6.63. The van der Waals surface area contributed by atoms with E-state index in [1.165, 1.54) is 5.56 Å². The van der Waals surface area contributed by atoms with Crippen LogP contribution in [0.25, 0.3) is 0 Å². The predicted octanol–water partition coefficient (Wildman–Crippen LogP) is 2.96. The summed E-state index contributed by atoms with van der Waals surface area (Å²) in [7, 11) is 0. The second-order valence-corrected chi connectivity index (χ2v) is 5.55. The molecule has 0 spiro atoms. The van der Waals surface area contributed by atoms with E-state index in [0.29, 0.717) is 6.54 Å². The number of hydrogen-bond donors (Lipinski definition) is 3. The van der Waals surface area contributed by atoms with Gasteiger partial charge in [0.1, 0.15) is 0 Å². The smallest absolute Gasteiger partial charge is 0.315 e. The summed E-state index contributed by atoms with van der Waals surface area (Å²) in [6, 6.07) is 12.0. The monoisotopic (exact) mass is 300 g/mol. The van der Waals surface area contributed by atoms with E-state index in [0.717, 1.165) is 17.8 Å². The maximum absolute atomic E-state index is 12.0. The summed E-state index contributed by atoms with van der Waals surface area (Å²) < 4.78 is 0. The Morgan fingerprint density at radius 3 is 2.64 bits per heavy atom. The molecule has 5 nitrogen and oxygen atoms in total. The van der Waals surface area contributed by atoms with Crippen LogP contribution in [-0.4, -0.2) is 22.3 Å². The van der Waals surface area contributed by atoms with Crippen LogP contribution in [0.5, 0.6) is 0 Å². The first-order chi connectivity index (χ1) is 10.6. The van der Waals surface area contributed by atoms with E-state index in [1.54, 1.807) is 0 Å². The Balaban J connectivity index is 1.81. The maximum Gasteiger partial charge on any atom is 0.315 e. The Kier molecular flexibility index (Phi) is 5.58. The molecule has 118 valence electrons. The molecule has 2 rings (SSSR count). The third-order valence-corrected chi connectivity index (χ3v) is 3.92. The number of hydrogen-bond acceptors (Lipinski definition) is 2. The van der Waals surface area contributed by atoms with Crippen molar-refractivity contribution in [1.82, 2.24) is 20.8 Å². The predicted molar refractivity (Wildman–Crippen MR) is 87.7 cm³/mol. The van der Waals surface area contributed by atoms with Gasteiger partial charge >= 0.3 is 6.03 Å². The molecule has 0 aliphatic carbocycles. The van der Waals surface area contributed by atoms with Crippen molar-refractivity contribution in [2.24, 2.45) is 0 Å². The van der Waals surface area contributed by atoms with Gasteiger partial charge in [-0.05, 0) is 25.0 Å². The Bertz CT molecular complexity index is 594. The standard InChI is InChI=1S/C17H24N4O/c1-4-15-10-16(21-20-15)11-18-17(22)19-13(3)12(2)14-8-6-5-7-9-14/h5-10,12-13H,4,11H2,1-3H3,(H,20,21)(H2,18,19,22)/t12-,13+/m1/s1. The zero-order valence-corrected chi connectivity index (χ0v) is 13.4. The van der Waals surface area contributed by atoms with Crippen molar-refractivity contribution in [3.63, 3.8) is 0 Å². The Morgan fingerprint density at radius 2 is 2.00 bits per heavy atom. The average molecular weight is 300 g/mol. The number of benzene rings is 1. The van der Waals surface area contributed by atoms with Crippen molar-refractivity contribution >= 4 is 6.03 Å². The highest BCUT2D eigenvalue weighted by Gasteiger charge is 2.16. The maximum atomic E-state index is 12.0. The van der Waals surface area contributed by atoms with Gasteiger partial charge in [0.2, 0.25) is 0 Å². The van der Waals surface area contributed by atoms with Crippen molar-refractivity contribution in [2.75, 3.05) is 0 Å². The van der Waals surface area contributed by atoms with Crippen LogP contribution in [0.3, 0.4) is 0 Å². The number of nitrogens with zero attached hydrogens (tertiary/aromatic N) is 1. The Labute approximate surface area is 131 Å². The van der Waals surface area contributed by atoms with Crippen LogP contribution in [0.1, 0.15) is 43.6 Å². The summed E-state index contributed by atoms with van der Waals surface area (Å²) in [5.41, 5.74) is 3.13. The van der Waals surface area contributed by atoms with Crippen LogP contribution in [-0.2, 0) is 13.0 Å². The molecule has 0 bridgehead atoms. The molecule has 0 saturated heterocycles. The quantitative estimate of drug-likeness (QED) is 0.767. The van der Waals surface area contributed by atoms with E-state index < -0.39 is 0 Å². The SMILES string of the molecule is CCc1cc(CNC(=O)N[C@@H](C)[C@@H](C)c2ccccc2)[nH]n1. The lowest BCUT2D eigenvalue weighted by Gasteiger charge is -2.21. The molecule has 22 heavy (non-hydrogen) atoms. The number of aryl methyl sites for hydroxylation is 1. The minimum absolute atomic E-state index is 0.0513. The normalized spacial score (nSPS) is 13.4. The number of aromatic amines is 1. The van der Waals surface area contributed by atoms with Gasteiger partial charge in [0.15, 0.2) is 0 Å². The number of urea groups is 1. The van der Waals surface area contributed by atoms with E-state index in [4.69, 9.17) is 0 Å². The molecule has 0 radical (unpaired) electrons. The van der Waals surface area contributed by atoms with Crippen LogP contribution >= 0.6 is 0 Å². The van der Waals surface area contributed by atoms with Gasteiger partial charge in [-0.2, -0.15) is 5.10 Å². The summed E-state index contributed by atoms with van der Waals surface area (Å²) >= 11 is 0. The van der Waals surface area contributed by atoms with E-state index in [-0.39, 0.29) is 18.0 Å². The van der Waals surface area contributed by atoms with Crippen molar-refractivity contribution in [3.05, 3.63) is 53.3 Å². The zero-order chi connectivity index (χ0) is 15.9. The molecule has 2 atom stereocenters. The number of H-pyrrole nitrogens is 1. The Hall–Kier alpha value is -2.30. The van der Waals surface area contributed by atoms with Crippen LogP contribution in [0.2, 0.25) is 0 Å². The molecule has 1 aromatic carbocycles. The molecule has 1 aromatic heterocycles. The second kappa shape index (κ2) is 7.64. The first-order valence-electron chi connectivity index (χ1n) is 7.72. The molecule has 2 amide bonds. The Morgan fingerprint density at radius 1 is 1.27 bits per heavy atom. The fourth-order valence-corrected chi connectivity index (χ4v) is 2.28. The molecular weight excluding hydrogens is 276 g/mol. The summed E-state index contributed by atoms with van der Waals surface area (Å²) in [5, 5.41) is 12.9. The molecular formula is C17H24N4O. The minimum atomic E-state index is -0.164. The van der Waals surface area contributed by atoms with Crippen molar-refractivity contribution in [1.29, 1.82) is 0 Å². The molecule has 0 fully saturated rings. The third-order valence-electron chi connectivity index (χ3n) is 3.92. The average Bonchev–Trinajstić information content (AvgIpc) is 3.01. The lowest BCUT2D eigenvalue weighted by Crippen LogP contribution is -2.42. The molecule has 0 aliphatic rings. The van der Waals surface area contributed by atoms with Gasteiger partial charge in [-0.1, -0.05) is 44.2 Å². The van der Waals surface area contributed by atoms with Crippen molar-refractivity contribution in [2.45, 2.75) is 45.7 Å². The van der Waals surface area contributed by atoms with Gasteiger partial charge in [0.25, 0.3) is 0 Å². The number of aromatic nitrogens is 2. The highest BCUT2D eigenvalue weighted by atomic mass is 16.2. The fourth-order valence-electron chi connectivity index (χ4n) is 2.28. The fraction of sp³-hybridized carbons (Fsp3) is 0.412. The topological polar surface area (TPSA) is 69.8 Å². The van der Waals surface area contributed by atoms with E-state index in [9.17, 15) is 4.79 Å². The number of amides is 2. The lowest BCUT2D eigenvalue weighted by atomic mass is 9.95. The van der Waals surface area contributed by atoms with Gasteiger partial charge < -0.3 is 10.6 Å². The van der Waals surface area contributed by atoms with Crippen LogP contribution in [0.15, 0.2) is 36.4 Å². The van der Waals surface area contributed by atoms with Crippen LogP contribution < -0.4 is 10.6 Å². The minimum Gasteiger partial charge on any atom is -0.335 e. The van der Waals surface area contributed by atoms with Gasteiger partial charge in [-0.15, -0.1) is 0 Å². The number of carbonyl (C=O) groups excluding carboxylic acids is 1. The molecule has 5 heteroatoms. The molecule has 3 N–H and O–H groups in total.